The molecule has 158 valence electrons. The van der Waals surface area contributed by atoms with Crippen molar-refractivity contribution in [2.24, 2.45) is 0 Å². The lowest BCUT2D eigenvalue weighted by Gasteiger charge is -2.26. The quantitative estimate of drug-likeness (QED) is 0.562. The maximum atomic E-state index is 13.5. The van der Waals surface area contributed by atoms with Crippen molar-refractivity contribution in [1.29, 1.82) is 0 Å². The molecule has 0 fully saturated rings. The fourth-order valence-corrected chi connectivity index (χ4v) is 5.50. The smallest absolute Gasteiger partial charge is 0.337 e. The number of hydrogen-bond donors (Lipinski definition) is 0. The highest BCUT2D eigenvalue weighted by Crippen LogP contribution is 2.33. The summed E-state index contributed by atoms with van der Waals surface area (Å²) in [6.07, 6.45) is 1.78. The number of ether oxygens (including phenoxy) is 1. The molecule has 3 aromatic rings. The number of methoxy groups -OCH3 is 1. The summed E-state index contributed by atoms with van der Waals surface area (Å²) >= 11 is 7.52. The SMILES string of the molecule is CCCN1CCc2c(sc3c2c(=O)n(-c2cccc(Cl)c2)c(=O)n3CC(=O)OC)C1. The monoisotopic (exact) mass is 447 g/mol. The molecule has 1 aliphatic rings. The average Bonchev–Trinajstić information content (AvgIpc) is 3.10. The Labute approximate surface area is 182 Å². The number of fused-ring (bicyclic) bond motifs is 3. The van der Waals surface area contributed by atoms with Gasteiger partial charge >= 0.3 is 11.7 Å². The average molecular weight is 448 g/mol. The minimum Gasteiger partial charge on any atom is -0.468 e. The van der Waals surface area contributed by atoms with Gasteiger partial charge in [-0.1, -0.05) is 24.6 Å². The van der Waals surface area contributed by atoms with Crippen molar-refractivity contribution < 1.29 is 9.53 Å². The van der Waals surface area contributed by atoms with E-state index in [9.17, 15) is 14.4 Å². The maximum Gasteiger partial charge on any atom is 0.337 e. The summed E-state index contributed by atoms with van der Waals surface area (Å²) in [5.74, 6) is -0.548. The molecule has 0 saturated carbocycles. The van der Waals surface area contributed by atoms with Crippen LogP contribution in [0.3, 0.4) is 0 Å². The number of thiophene rings is 1. The molecule has 9 heteroatoms. The highest BCUT2D eigenvalue weighted by Gasteiger charge is 2.27. The van der Waals surface area contributed by atoms with Crippen molar-refractivity contribution in [2.75, 3.05) is 20.2 Å². The van der Waals surface area contributed by atoms with Crippen LogP contribution in [-0.2, 0) is 29.0 Å². The molecule has 0 amide bonds. The first-order chi connectivity index (χ1) is 14.4. The molecule has 7 nitrogen and oxygen atoms in total. The van der Waals surface area contributed by atoms with E-state index in [0.29, 0.717) is 20.9 Å². The fourth-order valence-electron chi connectivity index (χ4n) is 3.94. The number of esters is 1. The molecule has 30 heavy (non-hydrogen) atoms. The third kappa shape index (κ3) is 3.59. The number of rotatable bonds is 5. The fraction of sp³-hybridized carbons (Fsp3) is 0.381. The minimum atomic E-state index is -0.579. The van der Waals surface area contributed by atoms with E-state index in [4.69, 9.17) is 16.3 Å². The lowest BCUT2D eigenvalue weighted by molar-refractivity contribution is -0.141. The van der Waals surface area contributed by atoms with Gasteiger partial charge < -0.3 is 4.74 Å². The summed E-state index contributed by atoms with van der Waals surface area (Å²) in [6.45, 7) is 4.46. The predicted molar refractivity (Wildman–Crippen MR) is 118 cm³/mol. The Balaban J connectivity index is 2.01. The van der Waals surface area contributed by atoms with E-state index in [1.165, 1.54) is 23.0 Å². The largest absolute Gasteiger partial charge is 0.468 e. The van der Waals surface area contributed by atoms with Crippen molar-refractivity contribution in [1.82, 2.24) is 14.0 Å². The van der Waals surface area contributed by atoms with Crippen LogP contribution in [0.1, 0.15) is 23.8 Å². The van der Waals surface area contributed by atoms with Crippen molar-refractivity contribution >= 4 is 39.1 Å². The first-order valence-electron chi connectivity index (χ1n) is 9.79. The third-order valence-electron chi connectivity index (χ3n) is 5.32. The molecule has 0 bridgehead atoms. The van der Waals surface area contributed by atoms with Gasteiger partial charge in [0.1, 0.15) is 11.4 Å². The van der Waals surface area contributed by atoms with Crippen LogP contribution in [-0.4, -0.2) is 40.2 Å². The first-order valence-corrected chi connectivity index (χ1v) is 11.0. The topological polar surface area (TPSA) is 73.5 Å². The van der Waals surface area contributed by atoms with Gasteiger partial charge in [-0.15, -0.1) is 11.3 Å². The van der Waals surface area contributed by atoms with Crippen LogP contribution in [0.4, 0.5) is 0 Å². The summed E-state index contributed by atoms with van der Waals surface area (Å²) in [7, 11) is 1.28. The van der Waals surface area contributed by atoms with Gasteiger partial charge in [0.25, 0.3) is 5.56 Å². The molecule has 0 atom stereocenters. The highest BCUT2D eigenvalue weighted by molar-refractivity contribution is 7.18. The molecule has 0 N–H and O–H groups in total. The Morgan fingerprint density at radius 2 is 2.10 bits per heavy atom. The lowest BCUT2D eigenvalue weighted by Crippen LogP contribution is -2.40. The van der Waals surface area contributed by atoms with E-state index < -0.39 is 11.7 Å². The van der Waals surface area contributed by atoms with E-state index in [1.807, 2.05) is 0 Å². The molecular formula is C21H22ClN3O4S. The lowest BCUT2D eigenvalue weighted by atomic mass is 10.1. The molecule has 0 aliphatic carbocycles. The van der Waals surface area contributed by atoms with Crippen molar-refractivity contribution in [3.63, 3.8) is 0 Å². The minimum absolute atomic E-state index is 0.259. The van der Waals surface area contributed by atoms with Gasteiger partial charge in [0.2, 0.25) is 0 Å². The second-order valence-corrected chi connectivity index (χ2v) is 8.80. The Hall–Kier alpha value is -2.42. The van der Waals surface area contributed by atoms with Crippen LogP contribution in [0.25, 0.3) is 15.9 Å². The van der Waals surface area contributed by atoms with E-state index in [2.05, 4.69) is 11.8 Å². The van der Waals surface area contributed by atoms with Crippen LogP contribution in [0, 0.1) is 0 Å². The highest BCUT2D eigenvalue weighted by atomic mass is 35.5. The van der Waals surface area contributed by atoms with Crippen molar-refractivity contribution in [3.8, 4) is 5.69 Å². The predicted octanol–water partition coefficient (Wildman–Crippen LogP) is 2.81. The van der Waals surface area contributed by atoms with Crippen molar-refractivity contribution in [2.45, 2.75) is 32.9 Å². The molecule has 0 saturated heterocycles. The Morgan fingerprint density at radius 3 is 2.80 bits per heavy atom. The molecule has 0 spiro atoms. The third-order valence-corrected chi connectivity index (χ3v) is 6.80. The van der Waals surface area contributed by atoms with Gasteiger partial charge in [0.15, 0.2) is 0 Å². The number of carbonyl (C=O) groups is 1. The van der Waals surface area contributed by atoms with Gasteiger partial charge in [-0.3, -0.25) is 19.1 Å². The Bertz CT molecular complexity index is 1240. The Kier molecular flexibility index (Phi) is 5.81. The second-order valence-electron chi connectivity index (χ2n) is 7.28. The van der Waals surface area contributed by atoms with Crippen LogP contribution in [0.5, 0.6) is 0 Å². The summed E-state index contributed by atoms with van der Waals surface area (Å²) in [5.41, 5.74) is 0.395. The molecule has 3 heterocycles. The van der Waals surface area contributed by atoms with Crippen LogP contribution in [0.2, 0.25) is 5.02 Å². The standard InChI is InChI=1S/C21H22ClN3O4S/c1-3-8-23-9-7-15-16(11-23)30-20-18(15)19(27)25(14-6-4-5-13(22)10-14)21(28)24(20)12-17(26)29-2/h4-6,10H,3,7-9,11-12H2,1-2H3. The molecule has 0 radical (unpaired) electrons. The zero-order valence-electron chi connectivity index (χ0n) is 16.8. The molecule has 1 aromatic carbocycles. The van der Waals surface area contributed by atoms with E-state index in [1.54, 1.807) is 24.3 Å². The van der Waals surface area contributed by atoms with Crippen LogP contribution >= 0.6 is 22.9 Å². The summed E-state index contributed by atoms with van der Waals surface area (Å²) in [4.78, 5) is 42.8. The zero-order chi connectivity index (χ0) is 21.4. The number of aromatic nitrogens is 2. The zero-order valence-corrected chi connectivity index (χ0v) is 18.4. The maximum absolute atomic E-state index is 13.5. The van der Waals surface area contributed by atoms with Crippen LogP contribution in [0.15, 0.2) is 33.9 Å². The van der Waals surface area contributed by atoms with Crippen LogP contribution < -0.4 is 11.2 Å². The Morgan fingerprint density at radius 1 is 1.30 bits per heavy atom. The summed E-state index contributed by atoms with van der Waals surface area (Å²) in [6, 6.07) is 6.59. The second kappa shape index (κ2) is 8.37. The molecule has 0 unspecified atom stereocenters. The van der Waals surface area contributed by atoms with Gasteiger partial charge in [-0.25, -0.2) is 9.36 Å². The number of hydrogen-bond acceptors (Lipinski definition) is 6. The van der Waals surface area contributed by atoms with Gasteiger partial charge in [0, 0.05) is 23.0 Å². The van der Waals surface area contributed by atoms with E-state index in [-0.39, 0.29) is 12.1 Å². The van der Waals surface area contributed by atoms with E-state index >= 15 is 0 Å². The number of halogens is 1. The number of nitrogens with zero attached hydrogens (tertiary/aromatic N) is 3. The summed E-state index contributed by atoms with van der Waals surface area (Å²) in [5, 5.41) is 0.926. The van der Waals surface area contributed by atoms with Crippen molar-refractivity contribution in [3.05, 3.63) is 60.6 Å². The first kappa shape index (κ1) is 20.8. The van der Waals surface area contributed by atoms with Gasteiger partial charge in [-0.05, 0) is 43.1 Å². The molecular weight excluding hydrogens is 426 g/mol. The van der Waals surface area contributed by atoms with E-state index in [0.717, 1.165) is 47.5 Å². The molecule has 4 rings (SSSR count). The van der Waals surface area contributed by atoms with Gasteiger partial charge in [0.05, 0.1) is 18.2 Å². The molecule has 1 aliphatic heterocycles. The number of benzene rings is 1. The normalized spacial score (nSPS) is 14.1. The van der Waals surface area contributed by atoms with Gasteiger partial charge in [-0.2, -0.15) is 0 Å². The summed E-state index contributed by atoms with van der Waals surface area (Å²) < 4.78 is 7.24. The molecule has 2 aromatic heterocycles. The number of carbonyl (C=O) groups excluding carboxylic acids is 1.